The third kappa shape index (κ3) is 7.18. The lowest BCUT2D eigenvalue weighted by atomic mass is 9.95. The third-order valence-electron chi connectivity index (χ3n) is 3.33. The first kappa shape index (κ1) is 18.7. The highest BCUT2D eigenvalue weighted by Crippen LogP contribution is 2.20. The summed E-state index contributed by atoms with van der Waals surface area (Å²) in [6.45, 7) is 8.48. The van der Waals surface area contributed by atoms with E-state index in [4.69, 9.17) is 4.74 Å². The SMILES string of the molecule is CCNC(C)(CCCCSC(C)C(C)O)C(=O)OC. The number of thioether (sulfide) groups is 1. The van der Waals surface area contributed by atoms with Crippen molar-refractivity contribution in [1.29, 1.82) is 0 Å². The molecule has 0 aromatic carbocycles. The number of hydrogen-bond donors (Lipinski definition) is 2. The molecule has 0 saturated heterocycles. The Morgan fingerprint density at radius 2 is 2.05 bits per heavy atom. The van der Waals surface area contributed by atoms with Crippen LogP contribution in [0.4, 0.5) is 0 Å². The first-order chi connectivity index (χ1) is 8.87. The highest BCUT2D eigenvalue weighted by molar-refractivity contribution is 7.99. The number of rotatable bonds is 10. The number of unbranched alkanes of at least 4 members (excludes halogenated alkanes) is 1. The lowest BCUT2D eigenvalue weighted by Gasteiger charge is -2.27. The normalized spacial score (nSPS) is 17.6. The van der Waals surface area contributed by atoms with Crippen LogP contribution in [0.25, 0.3) is 0 Å². The monoisotopic (exact) mass is 291 g/mol. The van der Waals surface area contributed by atoms with Gasteiger partial charge in [-0.3, -0.25) is 4.79 Å². The van der Waals surface area contributed by atoms with Gasteiger partial charge in [0.05, 0.1) is 13.2 Å². The Bertz CT molecular complexity index is 261. The maximum absolute atomic E-state index is 11.8. The molecular weight excluding hydrogens is 262 g/mol. The first-order valence-electron chi connectivity index (χ1n) is 7.00. The van der Waals surface area contributed by atoms with Crippen molar-refractivity contribution in [2.45, 2.75) is 63.9 Å². The minimum atomic E-state index is -0.579. The molecule has 0 heterocycles. The maximum Gasteiger partial charge on any atom is 0.325 e. The molecule has 0 amide bonds. The second-order valence-corrected chi connectivity index (χ2v) is 6.61. The van der Waals surface area contributed by atoms with Crippen molar-refractivity contribution in [2.24, 2.45) is 0 Å². The molecule has 19 heavy (non-hydrogen) atoms. The largest absolute Gasteiger partial charge is 0.468 e. The summed E-state index contributed by atoms with van der Waals surface area (Å²) in [5.74, 6) is 0.814. The lowest BCUT2D eigenvalue weighted by molar-refractivity contribution is -0.148. The zero-order valence-electron chi connectivity index (χ0n) is 12.9. The predicted molar refractivity (Wildman–Crippen MR) is 81.5 cm³/mol. The van der Waals surface area contributed by atoms with E-state index in [1.165, 1.54) is 7.11 Å². The number of carbonyl (C=O) groups excluding carboxylic acids is 1. The van der Waals surface area contributed by atoms with Gasteiger partial charge in [0, 0.05) is 5.25 Å². The molecule has 3 unspecified atom stereocenters. The molecule has 0 aliphatic carbocycles. The summed E-state index contributed by atoms with van der Waals surface area (Å²) in [6.07, 6.45) is 2.52. The number of esters is 1. The third-order valence-corrected chi connectivity index (χ3v) is 4.78. The number of likely N-dealkylation sites (N-methyl/N-ethyl adjacent to an activating group) is 1. The minimum Gasteiger partial charge on any atom is -0.468 e. The van der Waals surface area contributed by atoms with Gasteiger partial charge in [0.25, 0.3) is 0 Å². The van der Waals surface area contributed by atoms with Gasteiger partial charge in [-0.25, -0.2) is 0 Å². The Morgan fingerprint density at radius 3 is 2.53 bits per heavy atom. The second kappa shape index (κ2) is 9.61. The van der Waals surface area contributed by atoms with E-state index < -0.39 is 5.54 Å². The highest BCUT2D eigenvalue weighted by Gasteiger charge is 2.32. The molecule has 0 aliphatic rings. The minimum absolute atomic E-state index is 0.195. The molecule has 0 saturated carbocycles. The van der Waals surface area contributed by atoms with Crippen LogP contribution in [0.1, 0.15) is 47.0 Å². The Kier molecular flexibility index (Phi) is 9.48. The van der Waals surface area contributed by atoms with E-state index in [1.807, 2.05) is 27.7 Å². The van der Waals surface area contributed by atoms with E-state index in [2.05, 4.69) is 5.32 Å². The van der Waals surface area contributed by atoms with Crippen LogP contribution < -0.4 is 5.32 Å². The van der Waals surface area contributed by atoms with E-state index in [9.17, 15) is 9.90 Å². The smallest absolute Gasteiger partial charge is 0.325 e. The van der Waals surface area contributed by atoms with Crippen LogP contribution in [0.15, 0.2) is 0 Å². The van der Waals surface area contributed by atoms with Crippen molar-refractivity contribution in [1.82, 2.24) is 5.32 Å². The molecule has 0 aromatic heterocycles. The van der Waals surface area contributed by atoms with Crippen LogP contribution in [0, 0.1) is 0 Å². The summed E-state index contributed by atoms with van der Waals surface area (Å²) in [5.41, 5.74) is -0.579. The van der Waals surface area contributed by atoms with Crippen LogP contribution in [-0.2, 0) is 9.53 Å². The topological polar surface area (TPSA) is 58.6 Å². The molecule has 2 N–H and O–H groups in total. The lowest BCUT2D eigenvalue weighted by Crippen LogP contribution is -2.50. The van der Waals surface area contributed by atoms with Crippen LogP contribution in [0.5, 0.6) is 0 Å². The molecular formula is C14H29NO3S. The molecule has 0 spiro atoms. The van der Waals surface area contributed by atoms with Crippen molar-refractivity contribution >= 4 is 17.7 Å². The molecule has 5 heteroatoms. The number of ether oxygens (including phenoxy) is 1. The fourth-order valence-electron chi connectivity index (χ4n) is 1.87. The predicted octanol–water partition coefficient (Wildman–Crippen LogP) is 2.20. The van der Waals surface area contributed by atoms with Gasteiger partial charge in [-0.1, -0.05) is 20.3 Å². The summed E-state index contributed by atoms with van der Waals surface area (Å²) in [4.78, 5) is 11.8. The van der Waals surface area contributed by atoms with Crippen molar-refractivity contribution in [2.75, 3.05) is 19.4 Å². The van der Waals surface area contributed by atoms with Crippen LogP contribution in [0.2, 0.25) is 0 Å². The first-order valence-corrected chi connectivity index (χ1v) is 8.05. The van der Waals surface area contributed by atoms with E-state index in [0.717, 1.165) is 31.6 Å². The molecule has 0 aliphatic heterocycles. The van der Waals surface area contributed by atoms with E-state index in [-0.39, 0.29) is 17.3 Å². The van der Waals surface area contributed by atoms with Gasteiger partial charge in [-0.2, -0.15) is 11.8 Å². The number of methoxy groups -OCH3 is 1. The number of carbonyl (C=O) groups is 1. The number of aliphatic hydroxyl groups is 1. The average molecular weight is 291 g/mol. The summed E-state index contributed by atoms with van der Waals surface area (Å²) in [5, 5.41) is 12.9. The van der Waals surface area contributed by atoms with Crippen molar-refractivity contribution in [3.63, 3.8) is 0 Å². The van der Waals surface area contributed by atoms with Crippen LogP contribution >= 0.6 is 11.8 Å². The standard InChI is InChI=1S/C14H29NO3S/c1-6-15-14(4,13(17)18-5)9-7-8-10-19-12(3)11(2)16/h11-12,15-16H,6-10H2,1-5H3. The second-order valence-electron chi connectivity index (χ2n) is 5.13. The molecule has 0 rings (SSSR count). The Balaban J connectivity index is 3.98. The molecule has 4 nitrogen and oxygen atoms in total. The summed E-state index contributed by atoms with van der Waals surface area (Å²) < 4.78 is 4.85. The van der Waals surface area contributed by atoms with Crippen molar-refractivity contribution in [3.05, 3.63) is 0 Å². The molecule has 3 atom stereocenters. The molecule has 0 bridgehead atoms. The number of hydrogen-bond acceptors (Lipinski definition) is 5. The summed E-state index contributed by atoms with van der Waals surface area (Å²) in [7, 11) is 1.43. The van der Waals surface area contributed by atoms with Gasteiger partial charge in [0.15, 0.2) is 0 Å². The van der Waals surface area contributed by atoms with Crippen LogP contribution in [-0.4, -0.2) is 47.4 Å². The fraction of sp³-hybridized carbons (Fsp3) is 0.929. The molecule has 0 fully saturated rings. The van der Waals surface area contributed by atoms with Gasteiger partial charge in [0.2, 0.25) is 0 Å². The zero-order chi connectivity index (χ0) is 14.9. The maximum atomic E-state index is 11.8. The molecule has 0 aromatic rings. The summed E-state index contributed by atoms with van der Waals surface area (Å²) in [6, 6.07) is 0. The number of aliphatic hydroxyl groups excluding tert-OH is 1. The van der Waals surface area contributed by atoms with Crippen LogP contribution in [0.3, 0.4) is 0 Å². The summed E-state index contributed by atoms with van der Waals surface area (Å²) >= 11 is 1.78. The Morgan fingerprint density at radius 1 is 1.42 bits per heavy atom. The van der Waals surface area contributed by atoms with Gasteiger partial charge in [0.1, 0.15) is 5.54 Å². The van der Waals surface area contributed by atoms with Gasteiger partial charge in [-0.05, 0) is 39.0 Å². The van der Waals surface area contributed by atoms with E-state index in [0.29, 0.717) is 0 Å². The van der Waals surface area contributed by atoms with Crippen molar-refractivity contribution in [3.8, 4) is 0 Å². The average Bonchev–Trinajstić information content (AvgIpc) is 2.37. The van der Waals surface area contributed by atoms with Gasteiger partial charge < -0.3 is 15.2 Å². The van der Waals surface area contributed by atoms with E-state index >= 15 is 0 Å². The fourth-order valence-corrected chi connectivity index (χ4v) is 2.89. The zero-order valence-corrected chi connectivity index (χ0v) is 13.7. The molecule has 114 valence electrons. The van der Waals surface area contributed by atoms with Gasteiger partial charge in [-0.15, -0.1) is 0 Å². The Hall–Kier alpha value is -0.260. The Labute approximate surface area is 121 Å². The number of nitrogens with one attached hydrogen (secondary N) is 1. The molecule has 0 radical (unpaired) electrons. The highest BCUT2D eigenvalue weighted by atomic mass is 32.2. The van der Waals surface area contributed by atoms with E-state index in [1.54, 1.807) is 11.8 Å². The van der Waals surface area contributed by atoms with Gasteiger partial charge >= 0.3 is 5.97 Å². The van der Waals surface area contributed by atoms with Crippen molar-refractivity contribution < 1.29 is 14.6 Å². The quantitative estimate of drug-likeness (QED) is 0.477.